The third kappa shape index (κ3) is 2.38. The summed E-state index contributed by atoms with van der Waals surface area (Å²) in [5, 5.41) is 3.15. The minimum atomic E-state index is 0.477. The minimum Gasteiger partial charge on any atom is -0.423 e. The first-order valence-electron chi connectivity index (χ1n) is 6.26. The Hall–Kier alpha value is -2.49. The highest BCUT2D eigenvalue weighted by molar-refractivity contribution is 5.78. The van der Waals surface area contributed by atoms with Gasteiger partial charge in [0.15, 0.2) is 5.58 Å². The summed E-state index contributed by atoms with van der Waals surface area (Å²) in [5.74, 6) is 0. The average Bonchev–Trinajstić information content (AvgIpc) is 2.81. The number of hydrogen-bond acceptors (Lipinski definition) is 4. The number of anilines is 3. The molecule has 96 valence electrons. The molecular weight excluding hydrogens is 238 g/mol. The first-order chi connectivity index (χ1) is 9.24. The van der Waals surface area contributed by atoms with Gasteiger partial charge in [-0.25, -0.2) is 0 Å². The van der Waals surface area contributed by atoms with E-state index in [0.717, 1.165) is 17.6 Å². The summed E-state index contributed by atoms with van der Waals surface area (Å²) in [6.07, 6.45) is 1.03. The highest BCUT2D eigenvalue weighted by Gasteiger charge is 2.06. The van der Waals surface area contributed by atoms with Crippen LogP contribution in [0.15, 0.2) is 46.9 Å². The zero-order chi connectivity index (χ0) is 13.2. The van der Waals surface area contributed by atoms with Crippen LogP contribution in [0.5, 0.6) is 0 Å². The standard InChI is InChI=1S/C15H15N3O/c1-2-10-3-6-12(7-4-10)17-15-18-13-8-5-11(16)9-14(13)19-15/h3-9H,2,16H2,1H3,(H,17,18). The van der Waals surface area contributed by atoms with E-state index < -0.39 is 0 Å². The van der Waals surface area contributed by atoms with Crippen molar-refractivity contribution in [1.82, 2.24) is 4.98 Å². The molecule has 0 radical (unpaired) electrons. The van der Waals surface area contributed by atoms with E-state index in [0.29, 0.717) is 17.3 Å². The second-order valence-electron chi connectivity index (χ2n) is 4.42. The molecule has 0 spiro atoms. The van der Waals surface area contributed by atoms with Crippen LogP contribution in [0.3, 0.4) is 0 Å². The molecule has 0 bridgehead atoms. The van der Waals surface area contributed by atoms with Gasteiger partial charge >= 0.3 is 0 Å². The molecule has 1 aromatic heterocycles. The molecule has 0 atom stereocenters. The van der Waals surface area contributed by atoms with Crippen molar-refractivity contribution >= 4 is 28.5 Å². The first kappa shape index (κ1) is 11.6. The third-order valence-electron chi connectivity index (χ3n) is 3.03. The van der Waals surface area contributed by atoms with Crippen LogP contribution in [0.2, 0.25) is 0 Å². The maximum atomic E-state index is 5.71. The molecule has 0 fully saturated rings. The maximum Gasteiger partial charge on any atom is 0.300 e. The number of nitrogen functional groups attached to an aromatic ring is 1. The van der Waals surface area contributed by atoms with E-state index in [2.05, 4.69) is 29.4 Å². The van der Waals surface area contributed by atoms with E-state index in [4.69, 9.17) is 10.2 Å². The van der Waals surface area contributed by atoms with Crippen molar-refractivity contribution in [2.24, 2.45) is 0 Å². The molecule has 0 saturated heterocycles. The van der Waals surface area contributed by atoms with Gasteiger partial charge in [0.2, 0.25) is 0 Å². The zero-order valence-corrected chi connectivity index (χ0v) is 10.7. The van der Waals surface area contributed by atoms with Gasteiger partial charge in [0.25, 0.3) is 6.01 Å². The lowest BCUT2D eigenvalue weighted by molar-refractivity contribution is 0.623. The fraction of sp³-hybridized carbons (Fsp3) is 0.133. The monoisotopic (exact) mass is 253 g/mol. The van der Waals surface area contributed by atoms with E-state index in [9.17, 15) is 0 Å². The molecule has 0 aliphatic rings. The van der Waals surface area contributed by atoms with Gasteiger partial charge in [0.1, 0.15) is 5.52 Å². The number of nitrogens with two attached hydrogens (primary N) is 1. The average molecular weight is 253 g/mol. The maximum absolute atomic E-state index is 5.71. The van der Waals surface area contributed by atoms with E-state index >= 15 is 0 Å². The molecule has 4 nitrogen and oxygen atoms in total. The van der Waals surface area contributed by atoms with Gasteiger partial charge in [-0.3, -0.25) is 0 Å². The molecule has 19 heavy (non-hydrogen) atoms. The van der Waals surface area contributed by atoms with Gasteiger partial charge < -0.3 is 15.5 Å². The van der Waals surface area contributed by atoms with Gasteiger partial charge in [-0.1, -0.05) is 19.1 Å². The lowest BCUT2D eigenvalue weighted by Crippen LogP contribution is -1.90. The Labute approximate surface area is 111 Å². The molecule has 0 aliphatic heterocycles. The topological polar surface area (TPSA) is 64.1 Å². The van der Waals surface area contributed by atoms with Crippen LogP contribution in [0.4, 0.5) is 17.4 Å². The number of rotatable bonds is 3. The Kier molecular flexibility index (Phi) is 2.83. The summed E-state index contributed by atoms with van der Waals surface area (Å²) in [7, 11) is 0. The van der Waals surface area contributed by atoms with Crippen molar-refractivity contribution in [2.45, 2.75) is 13.3 Å². The van der Waals surface area contributed by atoms with E-state index in [1.54, 1.807) is 6.07 Å². The number of nitrogens with one attached hydrogen (secondary N) is 1. The molecule has 3 rings (SSSR count). The van der Waals surface area contributed by atoms with Crippen molar-refractivity contribution in [2.75, 3.05) is 11.1 Å². The van der Waals surface area contributed by atoms with Crippen molar-refractivity contribution in [1.29, 1.82) is 0 Å². The SMILES string of the molecule is CCc1ccc(Nc2nc3ccc(N)cc3o2)cc1. The molecule has 0 amide bonds. The lowest BCUT2D eigenvalue weighted by Gasteiger charge is -2.02. The summed E-state index contributed by atoms with van der Waals surface area (Å²) in [4.78, 5) is 4.36. The predicted molar refractivity (Wildman–Crippen MR) is 77.5 cm³/mol. The molecule has 4 heteroatoms. The van der Waals surface area contributed by atoms with Gasteiger partial charge in [-0.2, -0.15) is 4.98 Å². The largest absolute Gasteiger partial charge is 0.423 e. The third-order valence-corrected chi connectivity index (χ3v) is 3.03. The van der Waals surface area contributed by atoms with Gasteiger partial charge in [0, 0.05) is 17.4 Å². The van der Waals surface area contributed by atoms with Crippen LogP contribution in [-0.4, -0.2) is 4.98 Å². The summed E-state index contributed by atoms with van der Waals surface area (Å²) in [6.45, 7) is 2.13. The molecular formula is C15H15N3O. The number of oxazole rings is 1. The van der Waals surface area contributed by atoms with Crippen LogP contribution >= 0.6 is 0 Å². The minimum absolute atomic E-state index is 0.477. The Bertz CT molecular complexity index is 701. The van der Waals surface area contributed by atoms with Gasteiger partial charge in [-0.05, 0) is 36.2 Å². The highest BCUT2D eigenvalue weighted by atomic mass is 16.4. The molecule has 3 N–H and O–H groups in total. The number of nitrogens with zero attached hydrogens (tertiary/aromatic N) is 1. The molecule has 0 saturated carbocycles. The van der Waals surface area contributed by atoms with Crippen molar-refractivity contribution in [3.8, 4) is 0 Å². The normalized spacial score (nSPS) is 10.8. The highest BCUT2D eigenvalue weighted by Crippen LogP contribution is 2.23. The molecule has 0 aliphatic carbocycles. The quantitative estimate of drug-likeness (QED) is 0.698. The van der Waals surface area contributed by atoms with E-state index in [1.165, 1.54) is 5.56 Å². The molecule has 0 unspecified atom stereocenters. The smallest absolute Gasteiger partial charge is 0.300 e. The zero-order valence-electron chi connectivity index (χ0n) is 10.7. The molecule has 2 aromatic carbocycles. The van der Waals surface area contributed by atoms with Crippen molar-refractivity contribution < 1.29 is 4.42 Å². The van der Waals surface area contributed by atoms with Crippen LogP contribution in [0, 0.1) is 0 Å². The first-order valence-corrected chi connectivity index (χ1v) is 6.26. The fourth-order valence-electron chi connectivity index (χ4n) is 1.94. The Balaban J connectivity index is 1.87. The van der Waals surface area contributed by atoms with Gasteiger partial charge in [0.05, 0.1) is 0 Å². The summed E-state index contributed by atoms with van der Waals surface area (Å²) in [6, 6.07) is 14.1. The van der Waals surface area contributed by atoms with Crippen LogP contribution in [0.1, 0.15) is 12.5 Å². The number of aryl methyl sites for hydroxylation is 1. The summed E-state index contributed by atoms with van der Waals surface area (Å²) < 4.78 is 5.61. The second kappa shape index (κ2) is 4.65. The van der Waals surface area contributed by atoms with Crippen molar-refractivity contribution in [3.05, 3.63) is 48.0 Å². The second-order valence-corrected chi connectivity index (χ2v) is 4.42. The molecule has 3 aromatic rings. The number of aromatic nitrogens is 1. The van der Waals surface area contributed by atoms with E-state index in [-0.39, 0.29) is 0 Å². The Morgan fingerprint density at radius 3 is 2.68 bits per heavy atom. The van der Waals surface area contributed by atoms with Crippen LogP contribution in [-0.2, 0) is 6.42 Å². The number of benzene rings is 2. The van der Waals surface area contributed by atoms with Crippen LogP contribution < -0.4 is 11.1 Å². The van der Waals surface area contributed by atoms with E-state index in [1.807, 2.05) is 24.3 Å². The van der Waals surface area contributed by atoms with Gasteiger partial charge in [-0.15, -0.1) is 0 Å². The summed E-state index contributed by atoms with van der Waals surface area (Å²) in [5.41, 5.74) is 10.1. The predicted octanol–water partition coefficient (Wildman–Crippen LogP) is 3.72. The Morgan fingerprint density at radius 1 is 1.16 bits per heavy atom. The Morgan fingerprint density at radius 2 is 1.95 bits per heavy atom. The lowest BCUT2D eigenvalue weighted by atomic mass is 10.1. The fourth-order valence-corrected chi connectivity index (χ4v) is 1.94. The number of fused-ring (bicyclic) bond motifs is 1. The van der Waals surface area contributed by atoms with Crippen LogP contribution in [0.25, 0.3) is 11.1 Å². The summed E-state index contributed by atoms with van der Waals surface area (Å²) >= 11 is 0. The molecule has 1 heterocycles. The van der Waals surface area contributed by atoms with Crippen molar-refractivity contribution in [3.63, 3.8) is 0 Å². The number of hydrogen-bond donors (Lipinski definition) is 2.